The van der Waals surface area contributed by atoms with Gasteiger partial charge in [-0.15, -0.1) is 0 Å². The molecule has 1 saturated heterocycles. The number of aliphatic hydroxyl groups excluding tert-OH is 4. The Morgan fingerprint density at radius 1 is 0.966 bits per heavy atom. The minimum atomic E-state index is -1.59. The van der Waals surface area contributed by atoms with Gasteiger partial charge in [-0.25, -0.2) is 4.79 Å². The van der Waals surface area contributed by atoms with Crippen molar-refractivity contribution in [2.45, 2.75) is 36.6 Å². The van der Waals surface area contributed by atoms with Crippen LogP contribution in [0.2, 0.25) is 0 Å². The first kappa shape index (κ1) is 19.8. The highest BCUT2D eigenvalue weighted by Crippen LogP contribution is 2.44. The Morgan fingerprint density at radius 3 is 2.14 bits per heavy atom. The molecule has 8 nitrogen and oxygen atoms in total. The van der Waals surface area contributed by atoms with Gasteiger partial charge in [0.05, 0.1) is 6.61 Å². The van der Waals surface area contributed by atoms with Crippen LogP contribution < -0.4 is 5.32 Å². The van der Waals surface area contributed by atoms with E-state index in [4.69, 9.17) is 14.6 Å². The quantitative estimate of drug-likeness (QED) is 0.499. The smallest absolute Gasteiger partial charge is 0.407 e. The third kappa shape index (κ3) is 3.61. The Kier molecular flexibility index (Phi) is 5.53. The lowest BCUT2D eigenvalue weighted by Crippen LogP contribution is -2.64. The number of hydrogen-bond donors (Lipinski definition) is 5. The summed E-state index contributed by atoms with van der Waals surface area (Å²) < 4.78 is 10.4. The number of fused-ring (bicyclic) bond motifs is 3. The molecule has 5 N–H and O–H groups in total. The number of ether oxygens (including phenoxy) is 2. The second-order valence-electron chi connectivity index (χ2n) is 7.22. The van der Waals surface area contributed by atoms with Crippen LogP contribution in [0.1, 0.15) is 17.0 Å². The molecule has 2 aromatic carbocycles. The van der Waals surface area contributed by atoms with Crippen LogP contribution in [0.15, 0.2) is 48.5 Å². The molecular weight excluding hydrogens is 378 g/mol. The summed E-state index contributed by atoms with van der Waals surface area (Å²) in [4.78, 5) is 12.3. The highest BCUT2D eigenvalue weighted by Gasteiger charge is 2.44. The lowest BCUT2D eigenvalue weighted by molar-refractivity contribution is -0.253. The minimum absolute atomic E-state index is 0.0709. The van der Waals surface area contributed by atoms with Crippen molar-refractivity contribution in [3.05, 3.63) is 59.7 Å². The van der Waals surface area contributed by atoms with E-state index in [1.807, 2.05) is 48.5 Å². The SMILES string of the molecule is O=C(N[C@H]1C(O)O[C@H](CO)[C@H](O)[C@@H]1O)OCC1c2ccccc2-c2ccccc21. The van der Waals surface area contributed by atoms with Gasteiger partial charge in [-0.1, -0.05) is 48.5 Å². The summed E-state index contributed by atoms with van der Waals surface area (Å²) in [6.45, 7) is -0.506. The van der Waals surface area contributed by atoms with Crippen LogP contribution in [0.3, 0.4) is 0 Å². The summed E-state index contributed by atoms with van der Waals surface area (Å²) >= 11 is 0. The van der Waals surface area contributed by atoms with Gasteiger partial charge in [-0.3, -0.25) is 0 Å². The fourth-order valence-corrected chi connectivity index (χ4v) is 4.03. The molecule has 0 saturated carbocycles. The average Bonchev–Trinajstić information content (AvgIpc) is 3.06. The second kappa shape index (κ2) is 8.10. The highest BCUT2D eigenvalue weighted by atomic mass is 16.6. The first-order valence-electron chi connectivity index (χ1n) is 9.43. The van der Waals surface area contributed by atoms with Gasteiger partial charge in [0.25, 0.3) is 0 Å². The van der Waals surface area contributed by atoms with Gasteiger partial charge in [-0.2, -0.15) is 0 Å². The molecule has 5 atom stereocenters. The van der Waals surface area contributed by atoms with Gasteiger partial charge in [0, 0.05) is 5.92 Å². The Bertz CT molecular complexity index is 843. The Balaban J connectivity index is 1.43. The van der Waals surface area contributed by atoms with Gasteiger partial charge in [0.15, 0.2) is 6.29 Å². The van der Waals surface area contributed by atoms with E-state index in [1.54, 1.807) is 0 Å². The number of carbonyl (C=O) groups is 1. The average molecular weight is 401 g/mol. The standard InChI is InChI=1S/C21H23NO7/c23-9-16-18(24)19(25)17(20(26)29-16)22-21(27)28-10-15-13-7-3-1-5-11(13)12-6-2-4-8-14(12)15/h1-8,15-20,23-26H,9-10H2,(H,22,27)/t16-,17-,18+,19-,20?/m1/s1. The normalized spacial score (nSPS) is 28.5. The molecule has 29 heavy (non-hydrogen) atoms. The summed E-state index contributed by atoms with van der Waals surface area (Å²) in [5.74, 6) is -0.130. The number of nitrogens with one attached hydrogen (secondary N) is 1. The predicted octanol–water partition coefficient (Wildman–Crippen LogP) is 0.325. The lowest BCUT2D eigenvalue weighted by atomic mass is 9.97. The van der Waals surface area contributed by atoms with Crippen molar-refractivity contribution in [2.24, 2.45) is 0 Å². The fraction of sp³-hybridized carbons (Fsp3) is 0.381. The molecule has 2 aliphatic rings. The molecule has 1 amide bonds. The lowest BCUT2D eigenvalue weighted by Gasteiger charge is -2.40. The summed E-state index contributed by atoms with van der Waals surface area (Å²) in [5.41, 5.74) is 4.32. The molecule has 8 heteroatoms. The van der Waals surface area contributed by atoms with E-state index in [0.29, 0.717) is 0 Å². The molecule has 1 fully saturated rings. The first-order chi connectivity index (χ1) is 14.0. The molecule has 154 valence electrons. The Hall–Kier alpha value is -2.49. The van der Waals surface area contributed by atoms with Crippen molar-refractivity contribution in [3.63, 3.8) is 0 Å². The van der Waals surface area contributed by atoms with Crippen LogP contribution in [-0.2, 0) is 9.47 Å². The van der Waals surface area contributed by atoms with Gasteiger partial charge >= 0.3 is 6.09 Å². The van der Waals surface area contributed by atoms with E-state index in [0.717, 1.165) is 22.3 Å². The molecule has 0 bridgehead atoms. The number of alkyl carbamates (subject to hydrolysis) is 1. The highest BCUT2D eigenvalue weighted by molar-refractivity contribution is 5.79. The second-order valence-corrected chi connectivity index (χ2v) is 7.22. The van der Waals surface area contributed by atoms with Crippen molar-refractivity contribution in [1.82, 2.24) is 5.32 Å². The first-order valence-corrected chi connectivity index (χ1v) is 9.43. The number of carbonyl (C=O) groups excluding carboxylic acids is 1. The van der Waals surface area contributed by atoms with Gasteiger partial charge in [0.2, 0.25) is 0 Å². The third-order valence-corrected chi connectivity index (χ3v) is 5.53. The van der Waals surface area contributed by atoms with E-state index in [1.165, 1.54) is 0 Å². The van der Waals surface area contributed by atoms with Gasteiger partial charge in [-0.05, 0) is 22.3 Å². The van der Waals surface area contributed by atoms with Crippen molar-refractivity contribution < 1.29 is 34.7 Å². The maximum absolute atomic E-state index is 12.3. The summed E-state index contributed by atoms with van der Waals surface area (Å²) in [6.07, 6.45) is -6.56. The van der Waals surface area contributed by atoms with Crippen LogP contribution in [0.4, 0.5) is 4.79 Å². The number of hydrogen-bond acceptors (Lipinski definition) is 7. The van der Waals surface area contributed by atoms with Gasteiger partial charge < -0.3 is 35.2 Å². The molecule has 1 heterocycles. The number of aliphatic hydroxyl groups is 4. The molecule has 1 aliphatic heterocycles. The molecule has 0 aromatic heterocycles. The monoisotopic (exact) mass is 401 g/mol. The van der Waals surface area contributed by atoms with Crippen molar-refractivity contribution in [1.29, 1.82) is 0 Å². The Morgan fingerprint density at radius 2 is 1.55 bits per heavy atom. The molecule has 0 spiro atoms. The summed E-state index contributed by atoms with van der Waals surface area (Å²) in [7, 11) is 0. The van der Waals surface area contributed by atoms with Gasteiger partial charge in [0.1, 0.15) is 31.0 Å². The summed E-state index contributed by atoms with van der Waals surface area (Å²) in [5, 5.41) is 41.5. The molecular formula is C21H23NO7. The van der Waals surface area contributed by atoms with E-state index in [2.05, 4.69) is 5.32 Å². The van der Waals surface area contributed by atoms with Crippen molar-refractivity contribution >= 4 is 6.09 Å². The number of benzene rings is 2. The maximum atomic E-state index is 12.3. The van der Waals surface area contributed by atoms with Crippen molar-refractivity contribution in [3.8, 4) is 11.1 Å². The minimum Gasteiger partial charge on any atom is -0.449 e. The Labute approximate surface area is 167 Å². The number of rotatable bonds is 4. The van der Waals surface area contributed by atoms with Crippen LogP contribution >= 0.6 is 0 Å². The zero-order valence-corrected chi connectivity index (χ0v) is 15.5. The number of amides is 1. The molecule has 0 radical (unpaired) electrons. The van der Waals surface area contributed by atoms with E-state index in [9.17, 15) is 20.1 Å². The van der Waals surface area contributed by atoms with Crippen LogP contribution in [0.25, 0.3) is 11.1 Å². The van der Waals surface area contributed by atoms with E-state index >= 15 is 0 Å². The maximum Gasteiger partial charge on any atom is 0.407 e. The zero-order chi connectivity index (χ0) is 20.5. The van der Waals surface area contributed by atoms with E-state index in [-0.39, 0.29) is 12.5 Å². The van der Waals surface area contributed by atoms with Crippen LogP contribution in [0.5, 0.6) is 0 Å². The molecule has 1 unspecified atom stereocenters. The third-order valence-electron chi connectivity index (χ3n) is 5.53. The topological polar surface area (TPSA) is 128 Å². The van der Waals surface area contributed by atoms with Crippen LogP contribution in [0, 0.1) is 0 Å². The summed E-state index contributed by atoms with van der Waals surface area (Å²) in [6, 6.07) is 14.5. The zero-order valence-electron chi connectivity index (χ0n) is 15.5. The largest absolute Gasteiger partial charge is 0.449 e. The van der Waals surface area contributed by atoms with Crippen LogP contribution in [-0.4, -0.2) is 70.4 Å². The fourth-order valence-electron chi connectivity index (χ4n) is 4.03. The molecule has 1 aliphatic carbocycles. The van der Waals surface area contributed by atoms with E-state index < -0.39 is 43.3 Å². The molecule has 2 aromatic rings. The predicted molar refractivity (Wildman–Crippen MR) is 102 cm³/mol. The van der Waals surface area contributed by atoms with Crippen molar-refractivity contribution in [2.75, 3.05) is 13.2 Å². The molecule has 4 rings (SSSR count).